The number of hydrogen-bond donors (Lipinski definition) is 2. The molecule has 2 N–H and O–H groups in total. The highest BCUT2D eigenvalue weighted by Crippen LogP contribution is 2.53. The van der Waals surface area contributed by atoms with Gasteiger partial charge >= 0.3 is 6.03 Å². The Bertz CT molecular complexity index is 721. The molecule has 2 aliphatic heterocycles. The lowest BCUT2D eigenvalue weighted by molar-refractivity contribution is -0.130. The predicted octanol–water partition coefficient (Wildman–Crippen LogP) is 1.92. The first-order valence-corrected chi connectivity index (χ1v) is 11.7. The molecule has 0 radical (unpaired) electrons. The van der Waals surface area contributed by atoms with E-state index in [1.54, 1.807) is 4.90 Å². The van der Waals surface area contributed by atoms with Gasteiger partial charge in [-0.3, -0.25) is 4.79 Å². The first kappa shape index (κ1) is 21.7. The van der Waals surface area contributed by atoms with Crippen LogP contribution in [0.15, 0.2) is 23.9 Å². The van der Waals surface area contributed by atoms with Crippen molar-refractivity contribution in [3.05, 3.63) is 23.9 Å². The molecule has 0 aromatic heterocycles. The molecule has 2 heterocycles. The molecule has 0 bridgehead atoms. The lowest BCUT2D eigenvalue weighted by Gasteiger charge is -2.36. The summed E-state index contributed by atoms with van der Waals surface area (Å²) in [5.74, 6) is 0.110. The molecule has 2 saturated heterocycles. The van der Waals surface area contributed by atoms with Gasteiger partial charge in [0, 0.05) is 44.8 Å². The van der Waals surface area contributed by atoms with Crippen molar-refractivity contribution in [2.75, 3.05) is 45.8 Å². The Hall–Kier alpha value is -1.57. The Morgan fingerprint density at radius 3 is 2.77 bits per heavy atom. The summed E-state index contributed by atoms with van der Waals surface area (Å²) in [5, 5.41) is 13.1. The normalized spacial score (nSPS) is 29.0. The third-order valence-electron chi connectivity index (χ3n) is 7.00. The Morgan fingerprint density at radius 1 is 1.20 bits per heavy atom. The molecule has 2 unspecified atom stereocenters. The van der Waals surface area contributed by atoms with Crippen LogP contribution >= 0.6 is 11.6 Å². The summed E-state index contributed by atoms with van der Waals surface area (Å²) >= 11 is 6.11. The van der Waals surface area contributed by atoms with E-state index in [-0.39, 0.29) is 28.8 Å². The van der Waals surface area contributed by atoms with E-state index in [1.165, 1.54) is 12.8 Å². The van der Waals surface area contributed by atoms with E-state index in [1.807, 2.05) is 23.1 Å². The fourth-order valence-corrected chi connectivity index (χ4v) is 4.98. The molecule has 4 rings (SSSR count). The zero-order valence-corrected chi connectivity index (χ0v) is 18.3. The van der Waals surface area contributed by atoms with E-state index in [9.17, 15) is 14.7 Å². The molecule has 0 aromatic rings. The number of urea groups is 1. The maximum Gasteiger partial charge on any atom is 0.321 e. The molecule has 0 aromatic carbocycles. The average molecular weight is 437 g/mol. The summed E-state index contributed by atoms with van der Waals surface area (Å²) in [6.07, 6.45) is 10.9. The minimum atomic E-state index is -0.193. The number of rotatable bonds is 5. The predicted molar refractivity (Wildman–Crippen MR) is 116 cm³/mol. The van der Waals surface area contributed by atoms with Crippen molar-refractivity contribution in [2.45, 2.75) is 50.0 Å². The summed E-state index contributed by atoms with van der Waals surface area (Å²) in [6, 6.07) is -0.178. The zero-order valence-electron chi connectivity index (χ0n) is 17.6. The zero-order chi connectivity index (χ0) is 21.1. The highest BCUT2D eigenvalue weighted by Gasteiger charge is 2.51. The molecule has 4 aliphatic rings. The summed E-state index contributed by atoms with van der Waals surface area (Å²) < 4.78 is 0. The lowest BCUT2D eigenvalue weighted by Crippen LogP contribution is -2.46. The van der Waals surface area contributed by atoms with Crippen molar-refractivity contribution >= 4 is 23.5 Å². The van der Waals surface area contributed by atoms with Gasteiger partial charge in [0.2, 0.25) is 5.91 Å². The van der Waals surface area contributed by atoms with Crippen molar-refractivity contribution in [1.82, 2.24) is 20.0 Å². The van der Waals surface area contributed by atoms with E-state index in [2.05, 4.69) is 10.2 Å². The van der Waals surface area contributed by atoms with Crippen molar-refractivity contribution in [3.8, 4) is 0 Å². The van der Waals surface area contributed by atoms with Gasteiger partial charge in [-0.05, 0) is 62.8 Å². The SMILES string of the molecule is O=C1CCN(C(=O)NC2=CC(Cl)CC=C2)CCN1CCCN1CCC2(CC2)C(O)C1. The summed E-state index contributed by atoms with van der Waals surface area (Å²) in [6.45, 7) is 4.94. The summed E-state index contributed by atoms with van der Waals surface area (Å²) in [7, 11) is 0. The number of aliphatic hydroxyl groups is 1. The quantitative estimate of drug-likeness (QED) is 0.645. The first-order valence-electron chi connectivity index (χ1n) is 11.2. The van der Waals surface area contributed by atoms with Gasteiger partial charge in [0.25, 0.3) is 0 Å². The number of carbonyl (C=O) groups is 2. The van der Waals surface area contributed by atoms with Gasteiger partial charge in [-0.2, -0.15) is 0 Å². The first-order chi connectivity index (χ1) is 14.4. The van der Waals surface area contributed by atoms with Crippen LogP contribution in [0.2, 0.25) is 0 Å². The number of amides is 3. The molecular formula is C22H33ClN4O3. The van der Waals surface area contributed by atoms with E-state index in [0.717, 1.165) is 44.6 Å². The maximum atomic E-state index is 12.6. The standard InChI is InChI=1S/C22H33ClN4O3/c23-17-3-1-4-18(15-17)24-21(30)27-11-5-20(29)26(13-14-27)10-2-9-25-12-8-22(6-7-22)19(28)16-25/h1,4,15,17,19,28H,2-3,5-14,16H2,(H,24,30). The topological polar surface area (TPSA) is 76.1 Å². The summed E-state index contributed by atoms with van der Waals surface area (Å²) in [4.78, 5) is 31.0. The van der Waals surface area contributed by atoms with E-state index in [0.29, 0.717) is 32.6 Å². The van der Waals surface area contributed by atoms with E-state index >= 15 is 0 Å². The number of hydrogen-bond acceptors (Lipinski definition) is 4. The van der Waals surface area contributed by atoms with Crippen LogP contribution in [0.5, 0.6) is 0 Å². The number of piperidine rings is 1. The van der Waals surface area contributed by atoms with Crippen LogP contribution < -0.4 is 5.32 Å². The van der Waals surface area contributed by atoms with Crippen LogP contribution in [0.1, 0.15) is 38.5 Å². The molecular weight excluding hydrogens is 404 g/mol. The van der Waals surface area contributed by atoms with E-state index in [4.69, 9.17) is 11.6 Å². The number of aliphatic hydroxyl groups excluding tert-OH is 1. The van der Waals surface area contributed by atoms with Crippen LogP contribution in [0, 0.1) is 5.41 Å². The smallest absolute Gasteiger partial charge is 0.321 e. The number of allylic oxidation sites excluding steroid dienone is 3. The molecule has 1 saturated carbocycles. The lowest BCUT2D eigenvalue weighted by atomic mass is 9.90. The Balaban J connectivity index is 1.20. The third kappa shape index (κ3) is 5.18. The van der Waals surface area contributed by atoms with Crippen LogP contribution in [-0.4, -0.2) is 89.0 Å². The number of halogens is 1. The van der Waals surface area contributed by atoms with Gasteiger partial charge in [-0.1, -0.05) is 6.08 Å². The van der Waals surface area contributed by atoms with Crippen molar-refractivity contribution in [1.29, 1.82) is 0 Å². The molecule has 166 valence electrons. The van der Waals surface area contributed by atoms with Crippen molar-refractivity contribution < 1.29 is 14.7 Å². The van der Waals surface area contributed by atoms with Gasteiger partial charge in [0.05, 0.1) is 11.5 Å². The number of carbonyl (C=O) groups excluding carboxylic acids is 2. The van der Waals surface area contributed by atoms with E-state index < -0.39 is 0 Å². The fourth-order valence-electron chi connectivity index (χ4n) is 4.74. The number of β-amino-alcohol motifs (C(OH)–C–C–N with tert-alkyl or cyclic N) is 1. The number of nitrogens with one attached hydrogen (secondary N) is 1. The van der Waals surface area contributed by atoms with Crippen molar-refractivity contribution in [3.63, 3.8) is 0 Å². The highest BCUT2D eigenvalue weighted by atomic mass is 35.5. The van der Waals surface area contributed by atoms with Gasteiger partial charge in [0.15, 0.2) is 0 Å². The van der Waals surface area contributed by atoms with Crippen LogP contribution in [0.3, 0.4) is 0 Å². The van der Waals surface area contributed by atoms with Gasteiger partial charge in [-0.25, -0.2) is 4.79 Å². The molecule has 2 atom stereocenters. The fraction of sp³-hybridized carbons (Fsp3) is 0.727. The third-order valence-corrected chi connectivity index (χ3v) is 7.31. The Morgan fingerprint density at radius 2 is 2.03 bits per heavy atom. The minimum absolute atomic E-state index is 0.0951. The maximum absolute atomic E-state index is 12.6. The van der Waals surface area contributed by atoms with Crippen LogP contribution in [-0.2, 0) is 4.79 Å². The Kier molecular flexibility index (Phi) is 6.70. The van der Waals surface area contributed by atoms with Gasteiger partial charge in [-0.15, -0.1) is 11.6 Å². The van der Waals surface area contributed by atoms with Crippen LogP contribution in [0.4, 0.5) is 4.79 Å². The monoisotopic (exact) mass is 436 g/mol. The second-order valence-electron chi connectivity index (χ2n) is 9.11. The molecule has 8 heteroatoms. The average Bonchev–Trinajstić information content (AvgIpc) is 3.51. The minimum Gasteiger partial charge on any atom is -0.391 e. The molecule has 2 aliphatic carbocycles. The largest absolute Gasteiger partial charge is 0.391 e. The number of nitrogens with zero attached hydrogens (tertiary/aromatic N) is 3. The summed E-state index contributed by atoms with van der Waals surface area (Å²) in [5.41, 5.74) is 0.950. The van der Waals surface area contributed by atoms with Gasteiger partial charge < -0.3 is 25.1 Å². The molecule has 3 amide bonds. The van der Waals surface area contributed by atoms with Crippen LogP contribution in [0.25, 0.3) is 0 Å². The number of likely N-dealkylation sites (tertiary alicyclic amines) is 1. The molecule has 30 heavy (non-hydrogen) atoms. The Labute approximate surface area is 183 Å². The number of alkyl halides is 1. The van der Waals surface area contributed by atoms with Gasteiger partial charge in [0.1, 0.15) is 0 Å². The molecule has 7 nitrogen and oxygen atoms in total. The van der Waals surface area contributed by atoms with Crippen molar-refractivity contribution in [2.24, 2.45) is 5.41 Å². The highest BCUT2D eigenvalue weighted by molar-refractivity contribution is 6.22. The second-order valence-corrected chi connectivity index (χ2v) is 9.67. The molecule has 3 fully saturated rings. The second kappa shape index (κ2) is 9.28. The molecule has 1 spiro atoms.